The zero-order valence-electron chi connectivity index (χ0n) is 28.8. The number of nitrogens with zero attached hydrogens (tertiary/aromatic N) is 1. The average molecular weight is 644 g/mol. The van der Waals surface area contributed by atoms with Gasteiger partial charge >= 0.3 is 0 Å². The Morgan fingerprint density at radius 2 is 1.02 bits per heavy atom. The van der Waals surface area contributed by atoms with Crippen molar-refractivity contribution in [2.75, 3.05) is 4.90 Å². The molecular formula is C48H37NO. The van der Waals surface area contributed by atoms with E-state index >= 15 is 0 Å². The molecule has 0 radical (unpaired) electrons. The number of benzene rings is 7. The largest absolute Gasteiger partial charge is 0.456 e. The van der Waals surface area contributed by atoms with Gasteiger partial charge in [0.15, 0.2) is 0 Å². The molecule has 2 aliphatic rings. The van der Waals surface area contributed by atoms with E-state index in [0.29, 0.717) is 0 Å². The Kier molecular flexibility index (Phi) is 6.01. The summed E-state index contributed by atoms with van der Waals surface area (Å²) >= 11 is 0. The second-order valence-corrected chi connectivity index (χ2v) is 14.9. The van der Waals surface area contributed by atoms with Crippen molar-refractivity contribution >= 4 is 39.0 Å². The highest BCUT2D eigenvalue weighted by molar-refractivity contribution is 6.13. The first-order valence-corrected chi connectivity index (χ1v) is 17.6. The van der Waals surface area contributed by atoms with Crippen LogP contribution in [0, 0.1) is 0 Å². The maximum Gasteiger partial charge on any atom is 0.137 e. The van der Waals surface area contributed by atoms with Crippen molar-refractivity contribution in [1.29, 1.82) is 0 Å². The first-order chi connectivity index (χ1) is 24.3. The minimum absolute atomic E-state index is 0.0360. The predicted octanol–water partition coefficient (Wildman–Crippen LogP) is 13.3. The topological polar surface area (TPSA) is 16.4 Å². The molecule has 2 aliphatic carbocycles. The second kappa shape index (κ2) is 10.3. The number of fused-ring (bicyclic) bond motifs is 9. The fraction of sp³-hybridized carbons (Fsp3) is 0.125. The van der Waals surface area contributed by atoms with Crippen LogP contribution < -0.4 is 4.90 Å². The number of anilines is 3. The van der Waals surface area contributed by atoms with Crippen LogP contribution in [0.15, 0.2) is 156 Å². The molecule has 0 fully saturated rings. The Hall–Kier alpha value is -5.86. The van der Waals surface area contributed by atoms with Gasteiger partial charge in [-0.2, -0.15) is 0 Å². The van der Waals surface area contributed by atoms with Crippen molar-refractivity contribution in [3.63, 3.8) is 0 Å². The third-order valence-electron chi connectivity index (χ3n) is 11.5. The highest BCUT2D eigenvalue weighted by atomic mass is 16.3. The molecule has 10 rings (SSSR count). The van der Waals surface area contributed by atoms with Crippen LogP contribution >= 0.6 is 0 Å². The summed E-state index contributed by atoms with van der Waals surface area (Å²) in [4.78, 5) is 2.42. The lowest BCUT2D eigenvalue weighted by atomic mass is 9.82. The van der Waals surface area contributed by atoms with Gasteiger partial charge in [-0.05, 0) is 98.1 Å². The first-order valence-electron chi connectivity index (χ1n) is 17.6. The molecule has 0 unspecified atom stereocenters. The van der Waals surface area contributed by atoms with Crippen LogP contribution in [-0.4, -0.2) is 0 Å². The summed E-state index contributed by atoms with van der Waals surface area (Å²) in [7, 11) is 0. The smallest absolute Gasteiger partial charge is 0.137 e. The first kappa shape index (κ1) is 29.1. The molecule has 1 heterocycles. The van der Waals surface area contributed by atoms with Crippen LogP contribution in [0.3, 0.4) is 0 Å². The number of rotatable bonds is 4. The van der Waals surface area contributed by atoms with E-state index in [0.717, 1.165) is 39.0 Å². The van der Waals surface area contributed by atoms with Crippen LogP contribution in [0.5, 0.6) is 0 Å². The standard InChI is InChI=1S/C48H37NO/c1-47(2)39-18-9-6-14-36(39)45-33(16-11-19-40(45)47)30-23-25-31(26-24-30)49(42-20-12-22-44-46(42)37-15-7-10-21-43(37)50-44)32-27-28-35-34-13-5-8-17-38(34)48(3,4)41(35)29-32/h5-29H,1-4H3. The molecule has 1 aromatic heterocycles. The second-order valence-electron chi connectivity index (χ2n) is 14.9. The average Bonchev–Trinajstić information content (AvgIpc) is 3.72. The van der Waals surface area contributed by atoms with Gasteiger partial charge in [0, 0.05) is 27.6 Å². The molecule has 240 valence electrons. The van der Waals surface area contributed by atoms with Crippen molar-refractivity contribution in [3.05, 3.63) is 174 Å². The number of para-hydroxylation sites is 1. The van der Waals surface area contributed by atoms with Crippen LogP contribution in [0.2, 0.25) is 0 Å². The van der Waals surface area contributed by atoms with Crippen LogP contribution in [0.1, 0.15) is 49.9 Å². The molecule has 0 saturated carbocycles. The van der Waals surface area contributed by atoms with Gasteiger partial charge in [0.1, 0.15) is 11.2 Å². The van der Waals surface area contributed by atoms with E-state index in [-0.39, 0.29) is 10.8 Å². The number of furan rings is 1. The Labute approximate surface area is 293 Å². The lowest BCUT2D eigenvalue weighted by molar-refractivity contribution is 0.660. The number of hydrogen-bond acceptors (Lipinski definition) is 2. The van der Waals surface area contributed by atoms with Gasteiger partial charge in [-0.3, -0.25) is 0 Å². The van der Waals surface area contributed by atoms with Gasteiger partial charge < -0.3 is 9.32 Å². The Morgan fingerprint density at radius 1 is 0.440 bits per heavy atom. The Morgan fingerprint density at radius 3 is 1.84 bits per heavy atom. The minimum atomic E-state index is -0.108. The monoisotopic (exact) mass is 643 g/mol. The normalized spacial score (nSPS) is 14.7. The van der Waals surface area contributed by atoms with Crippen molar-refractivity contribution in [3.8, 4) is 33.4 Å². The molecule has 8 aromatic rings. The van der Waals surface area contributed by atoms with Crippen LogP contribution in [0.25, 0.3) is 55.3 Å². The molecule has 50 heavy (non-hydrogen) atoms. The highest BCUT2D eigenvalue weighted by Crippen LogP contribution is 2.53. The zero-order chi connectivity index (χ0) is 33.8. The molecular weight excluding hydrogens is 607 g/mol. The van der Waals surface area contributed by atoms with E-state index in [2.05, 4.69) is 178 Å². The SMILES string of the molecule is CC1(C)c2ccccc2-c2ccc(N(c3ccc(-c4cccc5c4-c4ccccc4C5(C)C)cc3)c3cccc4oc5ccccc5c34)cc21. The lowest BCUT2D eigenvalue weighted by Crippen LogP contribution is -2.16. The van der Waals surface area contributed by atoms with E-state index < -0.39 is 0 Å². The summed E-state index contributed by atoms with van der Waals surface area (Å²) in [6.07, 6.45) is 0. The summed E-state index contributed by atoms with van der Waals surface area (Å²) in [6.45, 7) is 9.39. The van der Waals surface area contributed by atoms with E-state index in [1.807, 2.05) is 6.07 Å². The highest BCUT2D eigenvalue weighted by Gasteiger charge is 2.37. The van der Waals surface area contributed by atoms with E-state index in [9.17, 15) is 0 Å². The van der Waals surface area contributed by atoms with Gasteiger partial charge in [-0.1, -0.05) is 137 Å². The maximum absolute atomic E-state index is 6.40. The van der Waals surface area contributed by atoms with Gasteiger partial charge in [0.05, 0.1) is 11.1 Å². The van der Waals surface area contributed by atoms with Gasteiger partial charge in [-0.15, -0.1) is 0 Å². The van der Waals surface area contributed by atoms with Crippen molar-refractivity contribution in [2.24, 2.45) is 0 Å². The minimum Gasteiger partial charge on any atom is -0.456 e. The summed E-state index contributed by atoms with van der Waals surface area (Å²) in [5, 5.41) is 2.24. The lowest BCUT2D eigenvalue weighted by Gasteiger charge is -2.29. The fourth-order valence-electron chi connectivity index (χ4n) is 8.99. The summed E-state index contributed by atoms with van der Waals surface area (Å²) in [5.74, 6) is 0. The maximum atomic E-state index is 6.40. The molecule has 0 atom stereocenters. The van der Waals surface area contributed by atoms with Crippen molar-refractivity contribution < 1.29 is 4.42 Å². The van der Waals surface area contributed by atoms with Crippen molar-refractivity contribution in [2.45, 2.75) is 38.5 Å². The summed E-state index contributed by atoms with van der Waals surface area (Å²) < 4.78 is 6.40. The quantitative estimate of drug-likeness (QED) is 0.190. The predicted molar refractivity (Wildman–Crippen MR) is 209 cm³/mol. The molecule has 7 aromatic carbocycles. The molecule has 0 amide bonds. The van der Waals surface area contributed by atoms with E-state index in [4.69, 9.17) is 4.42 Å². The van der Waals surface area contributed by atoms with E-state index in [1.165, 1.54) is 55.6 Å². The van der Waals surface area contributed by atoms with Crippen LogP contribution in [-0.2, 0) is 10.8 Å². The Balaban J connectivity index is 1.17. The number of hydrogen-bond donors (Lipinski definition) is 0. The summed E-state index contributed by atoms with van der Waals surface area (Å²) in [5.41, 5.74) is 18.3. The van der Waals surface area contributed by atoms with Gasteiger partial charge in [0.25, 0.3) is 0 Å². The zero-order valence-corrected chi connectivity index (χ0v) is 28.8. The molecule has 0 saturated heterocycles. The molecule has 2 heteroatoms. The molecule has 2 nitrogen and oxygen atoms in total. The van der Waals surface area contributed by atoms with Crippen LogP contribution in [0.4, 0.5) is 17.1 Å². The van der Waals surface area contributed by atoms with Gasteiger partial charge in [0.2, 0.25) is 0 Å². The molecule has 0 bridgehead atoms. The third kappa shape index (κ3) is 3.96. The molecule has 0 N–H and O–H groups in total. The summed E-state index contributed by atoms with van der Waals surface area (Å²) in [6, 6.07) is 55.5. The third-order valence-corrected chi connectivity index (χ3v) is 11.5. The molecule has 0 aliphatic heterocycles. The molecule has 0 spiro atoms. The van der Waals surface area contributed by atoms with Gasteiger partial charge in [-0.25, -0.2) is 0 Å². The fourth-order valence-corrected chi connectivity index (χ4v) is 8.99. The van der Waals surface area contributed by atoms with Crippen molar-refractivity contribution in [1.82, 2.24) is 0 Å². The Bertz CT molecular complexity index is 2650. The van der Waals surface area contributed by atoms with E-state index in [1.54, 1.807) is 0 Å².